The van der Waals surface area contributed by atoms with E-state index >= 15 is 0 Å². The van der Waals surface area contributed by atoms with Crippen LogP contribution >= 0.6 is 0 Å². The number of esters is 4. The number of amides is 2. The Labute approximate surface area is 295 Å². The molecule has 274 valence electrons. The van der Waals surface area contributed by atoms with E-state index in [0.29, 0.717) is 12.8 Å². The summed E-state index contributed by atoms with van der Waals surface area (Å²) in [4.78, 5) is 76.0. The molecule has 0 aliphatic rings. The minimum Gasteiger partial charge on any atom is -0.462 e. The average molecular weight is 697 g/mol. The molecule has 2 N–H and O–H groups in total. The summed E-state index contributed by atoms with van der Waals surface area (Å²) in [6.07, 6.45) is 1.06. The Morgan fingerprint density at radius 1 is 0.600 bits per heavy atom. The molecule has 12 nitrogen and oxygen atoms in total. The number of ketones is 1. The molecule has 0 aliphatic carbocycles. The lowest BCUT2D eigenvalue weighted by atomic mass is 9.94. The highest BCUT2D eigenvalue weighted by Crippen LogP contribution is 2.17. The molecule has 1 unspecified atom stereocenters. The molecule has 50 heavy (non-hydrogen) atoms. The Morgan fingerprint density at radius 2 is 1.08 bits per heavy atom. The predicted octanol–water partition coefficient (Wildman–Crippen LogP) is 4.61. The van der Waals surface area contributed by atoms with Gasteiger partial charge in [0.1, 0.15) is 44.3 Å². The van der Waals surface area contributed by atoms with Gasteiger partial charge in [-0.25, -0.2) is 14.4 Å². The van der Waals surface area contributed by atoms with Gasteiger partial charge in [0.25, 0.3) is 0 Å². The van der Waals surface area contributed by atoms with E-state index in [2.05, 4.69) is 10.6 Å². The van der Waals surface area contributed by atoms with Gasteiger partial charge in [-0.2, -0.15) is 0 Å². The van der Waals surface area contributed by atoms with Crippen molar-refractivity contribution < 1.29 is 47.7 Å². The summed E-state index contributed by atoms with van der Waals surface area (Å²) in [6.45, 7) is 9.80. The van der Waals surface area contributed by atoms with Gasteiger partial charge >= 0.3 is 29.9 Å². The van der Waals surface area contributed by atoms with Crippen molar-refractivity contribution in [1.29, 1.82) is 0 Å². The Morgan fingerprint density at radius 3 is 1.56 bits per heavy atom. The first-order chi connectivity index (χ1) is 23.8. The zero-order valence-electron chi connectivity index (χ0n) is 30.0. The molecule has 2 rings (SSSR count). The van der Waals surface area contributed by atoms with Crippen LogP contribution in [0.3, 0.4) is 0 Å². The van der Waals surface area contributed by atoms with Gasteiger partial charge in [0.15, 0.2) is 0 Å². The number of ether oxygens (including phenoxy) is 4. The van der Waals surface area contributed by atoms with Crippen LogP contribution in [-0.2, 0) is 55.8 Å². The molecule has 4 atom stereocenters. The SMILES string of the molecule is CC[C@H](C(=O)OCCOC(=O)C(NC(=O)N[C@@H](Cc1ccccc1)C(=O)OCCOC(=O)[C@@H](CC(C)=O)Cc1ccccc1)C(C)C)C(C)C. The van der Waals surface area contributed by atoms with Gasteiger partial charge in [-0.15, -0.1) is 0 Å². The van der Waals surface area contributed by atoms with Gasteiger partial charge in [0.2, 0.25) is 0 Å². The molecule has 2 aromatic rings. The van der Waals surface area contributed by atoms with Crippen molar-refractivity contribution in [1.82, 2.24) is 10.6 Å². The topological polar surface area (TPSA) is 163 Å². The maximum absolute atomic E-state index is 13.2. The molecular formula is C38H52N2O10. The number of hydrogen-bond acceptors (Lipinski definition) is 10. The summed E-state index contributed by atoms with van der Waals surface area (Å²) >= 11 is 0. The quantitative estimate of drug-likeness (QED) is 0.107. The summed E-state index contributed by atoms with van der Waals surface area (Å²) in [5.74, 6) is -3.77. The van der Waals surface area contributed by atoms with E-state index in [1.807, 2.05) is 57.2 Å². The zero-order valence-corrected chi connectivity index (χ0v) is 30.0. The van der Waals surface area contributed by atoms with Crippen molar-refractivity contribution in [3.63, 3.8) is 0 Å². The fourth-order valence-corrected chi connectivity index (χ4v) is 5.26. The number of rotatable bonds is 21. The zero-order chi connectivity index (χ0) is 37.1. The highest BCUT2D eigenvalue weighted by Gasteiger charge is 2.30. The first-order valence-corrected chi connectivity index (χ1v) is 17.1. The van der Waals surface area contributed by atoms with E-state index in [1.165, 1.54) is 6.92 Å². The number of benzene rings is 2. The van der Waals surface area contributed by atoms with Crippen molar-refractivity contribution in [2.45, 2.75) is 79.3 Å². The fourth-order valence-electron chi connectivity index (χ4n) is 5.26. The normalized spacial score (nSPS) is 13.4. The van der Waals surface area contributed by atoms with Crippen molar-refractivity contribution in [3.05, 3.63) is 71.8 Å². The molecule has 0 saturated heterocycles. The van der Waals surface area contributed by atoms with E-state index in [-0.39, 0.29) is 68.8 Å². The number of carbonyl (C=O) groups excluding carboxylic acids is 6. The lowest BCUT2D eigenvalue weighted by molar-refractivity contribution is -0.157. The highest BCUT2D eigenvalue weighted by atomic mass is 16.6. The predicted molar refractivity (Wildman–Crippen MR) is 186 cm³/mol. The van der Waals surface area contributed by atoms with Crippen molar-refractivity contribution in [2.24, 2.45) is 23.7 Å². The Kier molecular flexibility index (Phi) is 18.3. The largest absolute Gasteiger partial charge is 0.462 e. The minimum absolute atomic E-state index is 0.0156. The van der Waals surface area contributed by atoms with E-state index < -0.39 is 41.9 Å². The van der Waals surface area contributed by atoms with Crippen LogP contribution in [0.5, 0.6) is 0 Å². The maximum atomic E-state index is 13.2. The van der Waals surface area contributed by atoms with E-state index in [4.69, 9.17) is 18.9 Å². The number of Topliss-reactive ketones (excluding diaryl/α,β-unsaturated/α-hetero) is 1. The molecule has 2 amide bonds. The molecule has 0 radical (unpaired) electrons. The summed E-state index contributed by atoms with van der Waals surface area (Å²) in [5, 5.41) is 5.16. The lowest BCUT2D eigenvalue weighted by Gasteiger charge is -2.23. The van der Waals surface area contributed by atoms with Gasteiger partial charge in [0.05, 0.1) is 11.8 Å². The smallest absolute Gasteiger partial charge is 0.329 e. The van der Waals surface area contributed by atoms with Gasteiger partial charge in [0, 0.05) is 12.8 Å². The van der Waals surface area contributed by atoms with Crippen LogP contribution in [0.15, 0.2) is 60.7 Å². The van der Waals surface area contributed by atoms with Gasteiger partial charge < -0.3 is 34.4 Å². The third-order valence-electron chi connectivity index (χ3n) is 7.96. The number of carbonyl (C=O) groups is 6. The molecule has 0 bridgehead atoms. The monoisotopic (exact) mass is 696 g/mol. The Hall–Kier alpha value is -4.74. The van der Waals surface area contributed by atoms with Crippen LogP contribution in [0.1, 0.15) is 65.5 Å². The average Bonchev–Trinajstić information content (AvgIpc) is 3.07. The van der Waals surface area contributed by atoms with E-state index in [0.717, 1.165) is 11.1 Å². The molecule has 0 fully saturated rings. The van der Waals surface area contributed by atoms with Crippen LogP contribution in [0.2, 0.25) is 0 Å². The third kappa shape index (κ3) is 15.2. The first-order valence-electron chi connectivity index (χ1n) is 17.1. The van der Waals surface area contributed by atoms with E-state index in [9.17, 15) is 28.8 Å². The second-order valence-corrected chi connectivity index (χ2v) is 12.8. The first kappa shape index (κ1) is 41.4. The van der Waals surface area contributed by atoms with Crippen LogP contribution in [0.4, 0.5) is 4.79 Å². The van der Waals surface area contributed by atoms with Crippen molar-refractivity contribution in [2.75, 3.05) is 26.4 Å². The van der Waals surface area contributed by atoms with Crippen LogP contribution in [0, 0.1) is 23.7 Å². The molecule has 0 spiro atoms. The third-order valence-corrected chi connectivity index (χ3v) is 7.96. The molecule has 0 heterocycles. The molecule has 0 aliphatic heterocycles. The summed E-state index contributed by atoms with van der Waals surface area (Å²) < 4.78 is 21.3. The number of hydrogen-bond donors (Lipinski definition) is 2. The van der Waals surface area contributed by atoms with Crippen LogP contribution in [-0.4, -0.2) is 74.2 Å². The number of nitrogens with one attached hydrogen (secondary N) is 2. The summed E-state index contributed by atoms with van der Waals surface area (Å²) in [5.41, 5.74) is 1.63. The molecule has 0 aromatic heterocycles. The standard InChI is InChI=1S/C38H52N2O10/c1-7-31(25(2)3)35(43)48-19-21-50-37(45)33(26(4)5)40-38(46)39-32(24-29-16-12-9-13-17-29)36(44)49-20-18-47-34(42)30(22-27(6)41)23-28-14-10-8-11-15-28/h8-17,25-26,30-33H,7,18-24H2,1-6H3,(H2,39,40,46)/t30-,31-,32-,33?/m0/s1. The highest BCUT2D eigenvalue weighted by molar-refractivity contribution is 5.87. The van der Waals surface area contributed by atoms with Crippen molar-refractivity contribution >= 4 is 35.7 Å². The summed E-state index contributed by atoms with van der Waals surface area (Å²) in [7, 11) is 0. The van der Waals surface area contributed by atoms with Crippen molar-refractivity contribution in [3.8, 4) is 0 Å². The van der Waals surface area contributed by atoms with Gasteiger partial charge in [-0.1, -0.05) is 95.3 Å². The molecule has 0 saturated carbocycles. The molecular weight excluding hydrogens is 644 g/mol. The second kappa shape index (κ2) is 22.1. The number of urea groups is 1. The fraction of sp³-hybridized carbons (Fsp3) is 0.526. The molecule has 2 aromatic carbocycles. The minimum atomic E-state index is -1.15. The van der Waals surface area contributed by atoms with Crippen LogP contribution < -0.4 is 10.6 Å². The summed E-state index contributed by atoms with van der Waals surface area (Å²) in [6, 6.07) is 15.2. The van der Waals surface area contributed by atoms with Gasteiger partial charge in [-0.05, 0) is 42.7 Å². The van der Waals surface area contributed by atoms with Crippen LogP contribution in [0.25, 0.3) is 0 Å². The molecule has 12 heteroatoms. The van der Waals surface area contributed by atoms with Gasteiger partial charge in [-0.3, -0.25) is 9.59 Å². The van der Waals surface area contributed by atoms with E-state index in [1.54, 1.807) is 38.1 Å². The Balaban J connectivity index is 1.96. The lowest BCUT2D eigenvalue weighted by Crippen LogP contribution is -2.54. The second-order valence-electron chi connectivity index (χ2n) is 12.8. The Bertz CT molecular complexity index is 1380. The maximum Gasteiger partial charge on any atom is 0.329 e.